The Morgan fingerprint density at radius 1 is 1.17 bits per heavy atom. The third-order valence-corrected chi connectivity index (χ3v) is 5.81. The average Bonchev–Trinajstić information content (AvgIpc) is 3.20. The molecule has 0 aromatic heterocycles. The van der Waals surface area contributed by atoms with E-state index in [-0.39, 0.29) is 43.7 Å². The molecule has 1 heterocycles. The maximum Gasteiger partial charge on any atom is 0.573 e. The summed E-state index contributed by atoms with van der Waals surface area (Å²) in [6.07, 6.45) is -4.20. The number of rotatable bonds is 10. The minimum Gasteiger partial charge on any atom is -0.489 e. The van der Waals surface area contributed by atoms with Gasteiger partial charge in [0.25, 0.3) is 0 Å². The predicted octanol–water partition coefficient (Wildman–Crippen LogP) is 4.55. The van der Waals surface area contributed by atoms with Gasteiger partial charge < -0.3 is 24.8 Å². The van der Waals surface area contributed by atoms with Crippen LogP contribution in [0.4, 0.5) is 18.9 Å². The Morgan fingerprint density at radius 2 is 1.91 bits per heavy atom. The van der Waals surface area contributed by atoms with Crippen molar-refractivity contribution in [2.75, 3.05) is 24.5 Å². The van der Waals surface area contributed by atoms with Gasteiger partial charge in [0.05, 0.1) is 13.0 Å². The van der Waals surface area contributed by atoms with Crippen LogP contribution >= 0.6 is 0 Å². The standard InChI is InChI=1S/C25H29F3N2O5/c1-15(2)18-5-4-17(12-22(18)35-25(26,27)28)14-34-21-7-6-20-19(16(21)3)9-11-30(20)23(31)13-29-10-8-24(32)33/h4-7,12,15,29H,8-11,13-14H2,1-3H3,(H,32,33). The van der Waals surface area contributed by atoms with Gasteiger partial charge in [0, 0.05) is 18.8 Å². The van der Waals surface area contributed by atoms with Crippen LogP contribution in [-0.4, -0.2) is 43.0 Å². The van der Waals surface area contributed by atoms with Crippen molar-refractivity contribution < 1.29 is 37.3 Å². The summed E-state index contributed by atoms with van der Waals surface area (Å²) in [5, 5.41) is 11.5. The van der Waals surface area contributed by atoms with E-state index in [4.69, 9.17) is 9.84 Å². The van der Waals surface area contributed by atoms with Crippen molar-refractivity contribution in [3.8, 4) is 11.5 Å². The Bertz CT molecular complexity index is 1090. The summed E-state index contributed by atoms with van der Waals surface area (Å²) in [6, 6.07) is 8.23. The SMILES string of the molecule is Cc1c(OCc2ccc(C(C)C)c(OC(F)(F)F)c2)ccc2c1CCN2C(=O)CNCCC(=O)O. The first-order chi connectivity index (χ1) is 16.5. The number of nitrogens with one attached hydrogen (secondary N) is 1. The van der Waals surface area contributed by atoms with Crippen LogP contribution in [0, 0.1) is 6.92 Å². The highest BCUT2D eigenvalue weighted by atomic mass is 19.4. The molecule has 0 saturated carbocycles. The molecule has 35 heavy (non-hydrogen) atoms. The Morgan fingerprint density at radius 3 is 2.57 bits per heavy atom. The van der Waals surface area contributed by atoms with Gasteiger partial charge in [-0.3, -0.25) is 9.59 Å². The van der Waals surface area contributed by atoms with Crippen molar-refractivity contribution >= 4 is 17.6 Å². The quantitative estimate of drug-likeness (QED) is 0.472. The van der Waals surface area contributed by atoms with Gasteiger partial charge in [0.15, 0.2) is 0 Å². The lowest BCUT2D eigenvalue weighted by molar-refractivity contribution is -0.275. The van der Waals surface area contributed by atoms with E-state index in [1.165, 1.54) is 6.07 Å². The van der Waals surface area contributed by atoms with Crippen molar-refractivity contribution in [2.45, 2.75) is 52.5 Å². The largest absolute Gasteiger partial charge is 0.573 e. The van der Waals surface area contributed by atoms with Crippen LogP contribution in [0.5, 0.6) is 11.5 Å². The minimum absolute atomic E-state index is 0.0404. The Kier molecular flexibility index (Phi) is 8.26. The first kappa shape index (κ1) is 26.3. The molecule has 1 amide bonds. The van der Waals surface area contributed by atoms with Gasteiger partial charge in [-0.1, -0.05) is 26.0 Å². The normalized spacial score (nSPS) is 13.2. The molecular weight excluding hydrogens is 465 g/mol. The molecule has 0 bridgehead atoms. The number of hydrogen-bond donors (Lipinski definition) is 2. The molecule has 0 unspecified atom stereocenters. The monoisotopic (exact) mass is 494 g/mol. The van der Waals surface area contributed by atoms with Crippen LogP contribution in [-0.2, 0) is 22.6 Å². The zero-order valence-corrected chi connectivity index (χ0v) is 19.9. The lowest BCUT2D eigenvalue weighted by Gasteiger charge is -2.19. The number of carbonyl (C=O) groups is 2. The van der Waals surface area contributed by atoms with E-state index in [1.54, 1.807) is 43.0 Å². The van der Waals surface area contributed by atoms with Crippen molar-refractivity contribution in [1.82, 2.24) is 5.32 Å². The number of nitrogens with zero attached hydrogens (tertiary/aromatic N) is 1. The van der Waals surface area contributed by atoms with Crippen molar-refractivity contribution in [3.05, 3.63) is 52.6 Å². The molecule has 2 N–H and O–H groups in total. The topological polar surface area (TPSA) is 88.1 Å². The van der Waals surface area contributed by atoms with E-state index in [0.717, 1.165) is 16.8 Å². The van der Waals surface area contributed by atoms with E-state index < -0.39 is 12.3 Å². The molecule has 0 fully saturated rings. The van der Waals surface area contributed by atoms with Crippen LogP contribution in [0.3, 0.4) is 0 Å². The molecule has 2 aromatic rings. The molecule has 1 aliphatic rings. The van der Waals surface area contributed by atoms with E-state index in [1.807, 2.05) is 6.92 Å². The zero-order valence-electron chi connectivity index (χ0n) is 19.9. The number of anilines is 1. The van der Waals surface area contributed by atoms with Gasteiger partial charge in [0.2, 0.25) is 5.91 Å². The van der Waals surface area contributed by atoms with Crippen LogP contribution in [0.25, 0.3) is 0 Å². The highest BCUT2D eigenvalue weighted by Gasteiger charge is 2.32. The van der Waals surface area contributed by atoms with E-state index in [2.05, 4.69) is 10.1 Å². The maximum absolute atomic E-state index is 12.8. The van der Waals surface area contributed by atoms with Gasteiger partial charge in [-0.05, 0) is 59.7 Å². The van der Waals surface area contributed by atoms with Crippen LogP contribution < -0.4 is 19.7 Å². The molecule has 0 aliphatic carbocycles. The smallest absolute Gasteiger partial charge is 0.489 e. The van der Waals surface area contributed by atoms with Gasteiger partial charge in [-0.15, -0.1) is 13.2 Å². The second-order valence-electron chi connectivity index (χ2n) is 8.67. The number of hydrogen-bond acceptors (Lipinski definition) is 5. The number of carbonyl (C=O) groups excluding carboxylic acids is 1. The molecule has 0 spiro atoms. The summed E-state index contributed by atoms with van der Waals surface area (Å²) in [6.45, 7) is 6.29. The molecular formula is C25H29F3N2O5. The second kappa shape index (κ2) is 11.0. The second-order valence-corrected chi connectivity index (χ2v) is 8.67. The van der Waals surface area contributed by atoms with E-state index >= 15 is 0 Å². The molecule has 190 valence electrons. The van der Waals surface area contributed by atoms with E-state index in [0.29, 0.717) is 29.8 Å². The number of ether oxygens (including phenoxy) is 2. The average molecular weight is 495 g/mol. The highest BCUT2D eigenvalue weighted by molar-refractivity contribution is 5.97. The fraction of sp³-hybridized carbons (Fsp3) is 0.440. The van der Waals surface area contributed by atoms with Crippen LogP contribution in [0.1, 0.15) is 48.4 Å². The molecule has 7 nitrogen and oxygen atoms in total. The first-order valence-electron chi connectivity index (χ1n) is 11.3. The first-order valence-corrected chi connectivity index (χ1v) is 11.3. The van der Waals surface area contributed by atoms with Crippen LogP contribution in [0.2, 0.25) is 0 Å². The number of carboxylic acid groups (broad SMARTS) is 1. The number of amides is 1. The number of carboxylic acids is 1. The molecule has 0 saturated heterocycles. The summed E-state index contributed by atoms with van der Waals surface area (Å²) in [7, 11) is 0. The number of alkyl halides is 3. The van der Waals surface area contributed by atoms with Crippen molar-refractivity contribution in [3.63, 3.8) is 0 Å². The highest BCUT2D eigenvalue weighted by Crippen LogP contribution is 2.36. The summed E-state index contributed by atoms with van der Waals surface area (Å²) >= 11 is 0. The van der Waals surface area contributed by atoms with Gasteiger partial charge in [-0.2, -0.15) is 0 Å². The van der Waals surface area contributed by atoms with Crippen molar-refractivity contribution in [1.29, 1.82) is 0 Å². The lowest BCUT2D eigenvalue weighted by Crippen LogP contribution is -2.37. The summed E-state index contributed by atoms with van der Waals surface area (Å²) in [5.41, 5.74) is 3.61. The predicted molar refractivity (Wildman–Crippen MR) is 124 cm³/mol. The van der Waals surface area contributed by atoms with Gasteiger partial charge in [-0.25, -0.2) is 0 Å². The number of fused-ring (bicyclic) bond motifs is 1. The minimum atomic E-state index is -4.78. The summed E-state index contributed by atoms with van der Waals surface area (Å²) < 4.78 is 48.7. The Labute approximate surface area is 201 Å². The number of benzene rings is 2. The number of halogens is 3. The molecule has 0 atom stereocenters. The molecule has 10 heteroatoms. The molecule has 0 radical (unpaired) electrons. The molecule has 1 aliphatic heterocycles. The maximum atomic E-state index is 12.8. The number of aliphatic carboxylic acids is 1. The third-order valence-electron chi connectivity index (χ3n) is 5.81. The molecule has 3 rings (SSSR count). The van der Waals surface area contributed by atoms with E-state index in [9.17, 15) is 22.8 Å². The van der Waals surface area contributed by atoms with Gasteiger partial charge in [0.1, 0.15) is 18.1 Å². The van der Waals surface area contributed by atoms with Crippen molar-refractivity contribution in [2.24, 2.45) is 0 Å². The fourth-order valence-electron chi connectivity index (χ4n) is 4.05. The lowest BCUT2D eigenvalue weighted by atomic mass is 10.0. The summed E-state index contributed by atoms with van der Waals surface area (Å²) in [5.74, 6) is -0.863. The Balaban J connectivity index is 1.68. The summed E-state index contributed by atoms with van der Waals surface area (Å²) in [4.78, 5) is 24.8. The van der Waals surface area contributed by atoms with Gasteiger partial charge >= 0.3 is 12.3 Å². The third kappa shape index (κ3) is 6.88. The molecule has 2 aromatic carbocycles. The van der Waals surface area contributed by atoms with Crippen LogP contribution in [0.15, 0.2) is 30.3 Å². The fourth-order valence-corrected chi connectivity index (χ4v) is 4.05. The Hall–Kier alpha value is -3.27. The zero-order chi connectivity index (χ0) is 25.8.